The molecule has 0 aliphatic carbocycles. The van der Waals surface area contributed by atoms with E-state index in [0.717, 1.165) is 16.8 Å². The first-order chi connectivity index (χ1) is 6.48. The predicted molar refractivity (Wildman–Crippen MR) is 54.1 cm³/mol. The van der Waals surface area contributed by atoms with Crippen molar-refractivity contribution in [1.82, 2.24) is 10.3 Å². The normalized spacial score (nSPS) is 15.2. The molecular weight excluding hydrogens is 176 g/mol. The molecule has 1 aromatic rings. The van der Waals surface area contributed by atoms with Crippen molar-refractivity contribution in [3.63, 3.8) is 0 Å². The lowest BCUT2D eigenvalue weighted by Gasteiger charge is -2.18. The summed E-state index contributed by atoms with van der Waals surface area (Å²) in [6.45, 7) is 6.91. The quantitative estimate of drug-likeness (QED) is 0.675. The Labute approximate surface area is 83.5 Å². The highest BCUT2D eigenvalue weighted by molar-refractivity contribution is 5.97. The van der Waals surface area contributed by atoms with Crippen LogP contribution in [0.2, 0.25) is 0 Å². The zero-order valence-electron chi connectivity index (χ0n) is 8.72. The van der Waals surface area contributed by atoms with E-state index >= 15 is 0 Å². The summed E-state index contributed by atoms with van der Waals surface area (Å²) in [6.07, 6.45) is 1.86. The van der Waals surface area contributed by atoms with Crippen LogP contribution in [0.25, 0.3) is 0 Å². The van der Waals surface area contributed by atoms with E-state index in [2.05, 4.69) is 31.1 Å². The molecule has 0 fully saturated rings. The summed E-state index contributed by atoms with van der Waals surface area (Å²) >= 11 is 0. The topological polar surface area (TPSA) is 42.0 Å². The number of fused-ring (bicyclic) bond motifs is 1. The number of rotatable bonds is 0. The maximum absolute atomic E-state index is 11.4. The summed E-state index contributed by atoms with van der Waals surface area (Å²) in [5, 5.41) is 2.76. The van der Waals surface area contributed by atoms with Gasteiger partial charge in [-0.15, -0.1) is 0 Å². The number of nitrogens with zero attached hydrogens (tertiary/aromatic N) is 1. The Morgan fingerprint density at radius 1 is 1.43 bits per heavy atom. The van der Waals surface area contributed by atoms with Gasteiger partial charge in [0, 0.05) is 6.20 Å². The number of pyridine rings is 1. The van der Waals surface area contributed by atoms with Crippen LogP contribution in [0.1, 0.15) is 42.4 Å². The van der Waals surface area contributed by atoms with Crippen LogP contribution >= 0.6 is 0 Å². The SMILES string of the molecule is CC(C)(C)c1cnc2c(c1)C(=O)NC2. The van der Waals surface area contributed by atoms with E-state index in [1.807, 2.05) is 12.3 Å². The summed E-state index contributed by atoms with van der Waals surface area (Å²) in [5.41, 5.74) is 2.75. The highest BCUT2D eigenvalue weighted by Crippen LogP contribution is 2.24. The Morgan fingerprint density at radius 3 is 2.79 bits per heavy atom. The molecule has 0 spiro atoms. The van der Waals surface area contributed by atoms with Gasteiger partial charge in [-0.25, -0.2) is 0 Å². The van der Waals surface area contributed by atoms with Crippen LogP contribution in [0.15, 0.2) is 12.3 Å². The predicted octanol–water partition coefficient (Wildman–Crippen LogP) is 1.62. The third kappa shape index (κ3) is 1.39. The van der Waals surface area contributed by atoms with E-state index in [-0.39, 0.29) is 11.3 Å². The molecule has 0 aromatic carbocycles. The monoisotopic (exact) mass is 190 g/mol. The van der Waals surface area contributed by atoms with Gasteiger partial charge >= 0.3 is 0 Å². The second-order valence-electron chi connectivity index (χ2n) is 4.65. The summed E-state index contributed by atoms with van der Waals surface area (Å²) in [5.74, 6) is -0.00130. The minimum absolute atomic E-state index is 0.00130. The zero-order chi connectivity index (χ0) is 10.3. The van der Waals surface area contributed by atoms with Crippen molar-refractivity contribution in [3.05, 3.63) is 29.1 Å². The maximum atomic E-state index is 11.4. The van der Waals surface area contributed by atoms with Crippen LogP contribution in [0.5, 0.6) is 0 Å². The number of nitrogens with one attached hydrogen (secondary N) is 1. The van der Waals surface area contributed by atoms with Gasteiger partial charge in [-0.2, -0.15) is 0 Å². The molecule has 0 radical (unpaired) electrons. The molecule has 1 N–H and O–H groups in total. The molecule has 0 bridgehead atoms. The second-order valence-corrected chi connectivity index (χ2v) is 4.65. The summed E-state index contributed by atoms with van der Waals surface area (Å²) in [7, 11) is 0. The molecule has 1 amide bonds. The molecular formula is C11H14N2O. The number of aromatic nitrogens is 1. The second kappa shape index (κ2) is 2.80. The van der Waals surface area contributed by atoms with Crippen molar-refractivity contribution in [3.8, 4) is 0 Å². The largest absolute Gasteiger partial charge is 0.346 e. The van der Waals surface area contributed by atoms with E-state index in [1.54, 1.807) is 0 Å². The molecule has 0 unspecified atom stereocenters. The first-order valence-corrected chi connectivity index (χ1v) is 4.76. The van der Waals surface area contributed by atoms with Crippen molar-refractivity contribution in [1.29, 1.82) is 0 Å². The highest BCUT2D eigenvalue weighted by atomic mass is 16.1. The molecule has 0 atom stereocenters. The lowest BCUT2D eigenvalue weighted by molar-refractivity contribution is 0.0965. The van der Waals surface area contributed by atoms with Gasteiger partial charge in [0.05, 0.1) is 17.8 Å². The summed E-state index contributed by atoms with van der Waals surface area (Å²) in [6, 6.07) is 1.95. The van der Waals surface area contributed by atoms with Gasteiger partial charge in [0.25, 0.3) is 5.91 Å². The fourth-order valence-electron chi connectivity index (χ4n) is 1.50. The lowest BCUT2D eigenvalue weighted by Crippen LogP contribution is -2.14. The molecule has 3 nitrogen and oxygen atoms in total. The van der Waals surface area contributed by atoms with Crippen LogP contribution in [0.4, 0.5) is 0 Å². The molecule has 3 heteroatoms. The molecule has 0 saturated heterocycles. The third-order valence-corrected chi connectivity index (χ3v) is 2.50. The average molecular weight is 190 g/mol. The van der Waals surface area contributed by atoms with Gasteiger partial charge in [0.1, 0.15) is 0 Å². The molecule has 2 rings (SSSR count). The van der Waals surface area contributed by atoms with Crippen molar-refractivity contribution in [2.24, 2.45) is 0 Å². The molecule has 2 heterocycles. The smallest absolute Gasteiger partial charge is 0.253 e. The Hall–Kier alpha value is -1.38. The van der Waals surface area contributed by atoms with Gasteiger partial charge in [-0.3, -0.25) is 9.78 Å². The van der Waals surface area contributed by atoms with Crippen molar-refractivity contribution < 1.29 is 4.79 Å². The fraction of sp³-hybridized carbons (Fsp3) is 0.455. The number of hydrogen-bond acceptors (Lipinski definition) is 2. The van der Waals surface area contributed by atoms with Gasteiger partial charge in [-0.1, -0.05) is 20.8 Å². The molecule has 1 aromatic heterocycles. The molecule has 74 valence electrons. The Kier molecular flexibility index (Phi) is 1.84. The average Bonchev–Trinajstić information content (AvgIpc) is 2.46. The summed E-state index contributed by atoms with van der Waals surface area (Å²) in [4.78, 5) is 15.7. The van der Waals surface area contributed by atoms with Crippen molar-refractivity contribution in [2.75, 3.05) is 0 Å². The van der Waals surface area contributed by atoms with Crippen LogP contribution < -0.4 is 5.32 Å². The molecule has 1 aliphatic heterocycles. The standard InChI is InChI=1S/C11H14N2O/c1-11(2,3)7-4-8-9(12-5-7)6-13-10(8)14/h4-5H,6H2,1-3H3,(H,13,14). The Balaban J connectivity index is 2.50. The minimum Gasteiger partial charge on any atom is -0.346 e. The highest BCUT2D eigenvalue weighted by Gasteiger charge is 2.23. The number of carbonyl (C=O) groups excluding carboxylic acids is 1. The van der Waals surface area contributed by atoms with E-state index in [1.165, 1.54) is 0 Å². The van der Waals surface area contributed by atoms with Crippen LogP contribution in [-0.4, -0.2) is 10.9 Å². The minimum atomic E-state index is -0.00130. The van der Waals surface area contributed by atoms with Gasteiger partial charge in [0.2, 0.25) is 0 Å². The van der Waals surface area contributed by atoms with Crippen molar-refractivity contribution in [2.45, 2.75) is 32.7 Å². The first-order valence-electron chi connectivity index (χ1n) is 4.76. The van der Waals surface area contributed by atoms with Crippen LogP contribution in [0, 0.1) is 0 Å². The van der Waals surface area contributed by atoms with Gasteiger partial charge in [0.15, 0.2) is 0 Å². The molecule has 1 aliphatic rings. The Bertz CT molecular complexity index is 391. The van der Waals surface area contributed by atoms with Gasteiger partial charge in [-0.05, 0) is 17.0 Å². The number of amides is 1. The van der Waals surface area contributed by atoms with Gasteiger partial charge < -0.3 is 5.32 Å². The fourth-order valence-corrected chi connectivity index (χ4v) is 1.50. The molecule has 14 heavy (non-hydrogen) atoms. The van der Waals surface area contributed by atoms with Crippen LogP contribution in [0.3, 0.4) is 0 Å². The van der Waals surface area contributed by atoms with E-state index < -0.39 is 0 Å². The Morgan fingerprint density at radius 2 is 2.14 bits per heavy atom. The van der Waals surface area contributed by atoms with E-state index in [4.69, 9.17) is 0 Å². The van der Waals surface area contributed by atoms with Crippen molar-refractivity contribution >= 4 is 5.91 Å². The molecule has 0 saturated carbocycles. The van der Waals surface area contributed by atoms with E-state index in [9.17, 15) is 4.79 Å². The summed E-state index contributed by atoms with van der Waals surface area (Å²) < 4.78 is 0. The first kappa shape index (κ1) is 9.19. The third-order valence-electron chi connectivity index (χ3n) is 2.50. The number of carbonyl (C=O) groups is 1. The number of hydrogen-bond donors (Lipinski definition) is 1. The zero-order valence-corrected chi connectivity index (χ0v) is 8.72. The lowest BCUT2D eigenvalue weighted by atomic mass is 9.87. The maximum Gasteiger partial charge on any atom is 0.253 e. The van der Waals surface area contributed by atoms with E-state index in [0.29, 0.717) is 6.54 Å². The van der Waals surface area contributed by atoms with Crippen LogP contribution in [-0.2, 0) is 12.0 Å².